The van der Waals surface area contributed by atoms with Crippen molar-refractivity contribution in [1.82, 2.24) is 19.9 Å². The predicted molar refractivity (Wildman–Crippen MR) is 95.2 cm³/mol. The molecule has 1 amide bonds. The van der Waals surface area contributed by atoms with Crippen molar-refractivity contribution in [1.29, 1.82) is 0 Å². The van der Waals surface area contributed by atoms with Crippen LogP contribution in [0, 0.1) is 13.8 Å². The first-order valence-corrected chi connectivity index (χ1v) is 8.61. The number of rotatable bonds is 5. The van der Waals surface area contributed by atoms with E-state index in [1.165, 1.54) is 21.9 Å². The Morgan fingerprint density at radius 2 is 2.08 bits per heavy atom. The highest BCUT2D eigenvalue weighted by Crippen LogP contribution is 2.10. The van der Waals surface area contributed by atoms with Crippen molar-refractivity contribution in [2.24, 2.45) is 0 Å². The molecule has 0 unspecified atom stereocenters. The highest BCUT2D eigenvalue weighted by Gasteiger charge is 2.11. The molecule has 134 valence electrons. The Kier molecular flexibility index (Phi) is 5.08. The summed E-state index contributed by atoms with van der Waals surface area (Å²) in [5.74, 6) is -0.975. The maximum atomic E-state index is 12.0. The molecule has 0 atom stereocenters. The lowest BCUT2D eigenvalue weighted by atomic mass is 10.1. The van der Waals surface area contributed by atoms with Gasteiger partial charge < -0.3 is 10.1 Å². The van der Waals surface area contributed by atoms with Gasteiger partial charge in [0.2, 0.25) is 4.96 Å². The molecule has 26 heavy (non-hydrogen) atoms. The fourth-order valence-electron chi connectivity index (χ4n) is 2.27. The number of ether oxygens (including phenoxy) is 1. The van der Waals surface area contributed by atoms with Crippen LogP contribution in [0.5, 0.6) is 0 Å². The number of hydrogen-bond donors (Lipinski definition) is 1. The Morgan fingerprint density at radius 1 is 1.27 bits per heavy atom. The number of aromatic nitrogens is 3. The fourth-order valence-corrected chi connectivity index (χ4v) is 3.04. The van der Waals surface area contributed by atoms with Crippen molar-refractivity contribution in [2.45, 2.75) is 20.5 Å². The van der Waals surface area contributed by atoms with Gasteiger partial charge in [-0.1, -0.05) is 29.0 Å². The zero-order valence-corrected chi connectivity index (χ0v) is 15.0. The van der Waals surface area contributed by atoms with E-state index in [9.17, 15) is 14.4 Å². The van der Waals surface area contributed by atoms with Gasteiger partial charge in [0, 0.05) is 11.6 Å². The number of carbonyl (C=O) groups excluding carboxylic acids is 2. The molecule has 1 N–H and O–H groups in total. The lowest BCUT2D eigenvalue weighted by Crippen LogP contribution is -2.30. The minimum atomic E-state index is -0.617. The molecule has 0 spiro atoms. The largest absolute Gasteiger partial charge is 0.458 e. The van der Waals surface area contributed by atoms with Crippen molar-refractivity contribution in [3.63, 3.8) is 0 Å². The van der Waals surface area contributed by atoms with E-state index in [0.717, 1.165) is 5.56 Å². The van der Waals surface area contributed by atoms with Gasteiger partial charge in [-0.05, 0) is 26.0 Å². The van der Waals surface area contributed by atoms with E-state index < -0.39 is 5.97 Å². The normalized spacial score (nSPS) is 10.7. The van der Waals surface area contributed by atoms with Crippen LogP contribution >= 0.6 is 11.3 Å². The van der Waals surface area contributed by atoms with Crippen molar-refractivity contribution < 1.29 is 14.3 Å². The number of nitrogens with one attached hydrogen (secondary N) is 1. The summed E-state index contributed by atoms with van der Waals surface area (Å²) in [6, 6.07) is 8.30. The smallest absolute Gasteiger partial charge is 0.325 e. The van der Waals surface area contributed by atoms with Crippen LogP contribution < -0.4 is 10.9 Å². The Labute approximate surface area is 152 Å². The number of hydrogen-bond acceptors (Lipinski definition) is 7. The quantitative estimate of drug-likeness (QED) is 0.676. The van der Waals surface area contributed by atoms with E-state index in [1.807, 2.05) is 13.0 Å². The number of aryl methyl sites for hydroxylation is 2. The molecule has 0 aliphatic rings. The molecule has 3 rings (SSSR count). The molecule has 0 saturated carbocycles. The van der Waals surface area contributed by atoms with E-state index in [2.05, 4.69) is 15.4 Å². The highest BCUT2D eigenvalue weighted by atomic mass is 32.1. The summed E-state index contributed by atoms with van der Waals surface area (Å²) in [5.41, 5.74) is 1.42. The van der Waals surface area contributed by atoms with Crippen LogP contribution in [0.4, 0.5) is 0 Å². The van der Waals surface area contributed by atoms with E-state index in [-0.39, 0.29) is 24.6 Å². The molecule has 0 radical (unpaired) electrons. The predicted octanol–water partition coefficient (Wildman–Crippen LogP) is 1.24. The van der Waals surface area contributed by atoms with Crippen LogP contribution in [-0.2, 0) is 16.1 Å². The van der Waals surface area contributed by atoms with Crippen LogP contribution in [0.1, 0.15) is 26.6 Å². The maximum Gasteiger partial charge on any atom is 0.325 e. The molecule has 2 aromatic heterocycles. The number of amides is 1. The topological polar surface area (TPSA) is 103 Å². The molecule has 1 aromatic carbocycles. The van der Waals surface area contributed by atoms with Crippen molar-refractivity contribution in [3.8, 4) is 0 Å². The Balaban J connectivity index is 1.56. The summed E-state index contributed by atoms with van der Waals surface area (Å²) in [6.07, 6.45) is 0. The molecule has 0 aliphatic carbocycles. The number of nitrogens with zero attached hydrogens (tertiary/aromatic N) is 3. The van der Waals surface area contributed by atoms with Crippen LogP contribution in [-0.4, -0.2) is 33.0 Å². The van der Waals surface area contributed by atoms with E-state index in [1.54, 1.807) is 25.1 Å². The van der Waals surface area contributed by atoms with Gasteiger partial charge in [0.1, 0.15) is 18.2 Å². The molecule has 9 heteroatoms. The average molecular weight is 372 g/mol. The van der Waals surface area contributed by atoms with Crippen LogP contribution in [0.15, 0.2) is 35.1 Å². The van der Waals surface area contributed by atoms with E-state index in [4.69, 9.17) is 4.74 Å². The number of benzene rings is 1. The van der Waals surface area contributed by atoms with Gasteiger partial charge in [-0.2, -0.15) is 9.61 Å². The molecule has 0 fully saturated rings. The second-order valence-electron chi connectivity index (χ2n) is 5.61. The second-order valence-corrected chi connectivity index (χ2v) is 6.77. The molecular weight excluding hydrogens is 356 g/mol. The summed E-state index contributed by atoms with van der Waals surface area (Å²) in [7, 11) is 0. The first-order chi connectivity index (χ1) is 12.4. The lowest BCUT2D eigenvalue weighted by molar-refractivity contribution is -0.143. The standard InChI is InChI=1S/C17H16N4O4S/c1-10-4-3-5-12(6-10)16(24)18-8-15(23)25-9-13-7-14(22)21-17(19-13)26-11(2)20-21/h3-7H,8-9H2,1-2H3,(H,18,24). The van der Waals surface area contributed by atoms with Gasteiger partial charge in [-0.3, -0.25) is 14.4 Å². The SMILES string of the molecule is Cc1cccc(C(=O)NCC(=O)OCc2cc(=O)n3nc(C)sc3n2)c1. The summed E-state index contributed by atoms with van der Waals surface area (Å²) in [6.45, 7) is 3.23. The average Bonchev–Trinajstić information content (AvgIpc) is 2.98. The first-order valence-electron chi connectivity index (χ1n) is 7.79. The second kappa shape index (κ2) is 7.44. The van der Waals surface area contributed by atoms with Crippen LogP contribution in [0.2, 0.25) is 0 Å². The Morgan fingerprint density at radius 3 is 2.85 bits per heavy atom. The summed E-state index contributed by atoms with van der Waals surface area (Å²) < 4.78 is 6.27. The van der Waals surface area contributed by atoms with E-state index in [0.29, 0.717) is 21.2 Å². The van der Waals surface area contributed by atoms with Crippen molar-refractivity contribution in [3.05, 3.63) is 62.5 Å². The van der Waals surface area contributed by atoms with Gasteiger partial charge in [-0.25, -0.2) is 4.98 Å². The Hall–Kier alpha value is -3.07. The Bertz CT molecular complexity index is 1040. The maximum absolute atomic E-state index is 12.0. The fraction of sp³-hybridized carbons (Fsp3) is 0.235. The zero-order valence-electron chi connectivity index (χ0n) is 14.2. The third-order valence-electron chi connectivity index (χ3n) is 3.45. The van der Waals surface area contributed by atoms with Gasteiger partial charge >= 0.3 is 5.97 Å². The van der Waals surface area contributed by atoms with Gasteiger partial charge in [-0.15, -0.1) is 0 Å². The van der Waals surface area contributed by atoms with Crippen LogP contribution in [0.3, 0.4) is 0 Å². The van der Waals surface area contributed by atoms with Gasteiger partial charge in [0.05, 0.1) is 5.69 Å². The lowest BCUT2D eigenvalue weighted by Gasteiger charge is -2.07. The third-order valence-corrected chi connectivity index (χ3v) is 4.28. The summed E-state index contributed by atoms with van der Waals surface area (Å²) in [5, 5.41) is 7.25. The molecule has 3 aromatic rings. The van der Waals surface area contributed by atoms with Crippen molar-refractivity contribution in [2.75, 3.05) is 6.54 Å². The number of fused-ring (bicyclic) bond motifs is 1. The van der Waals surface area contributed by atoms with Crippen molar-refractivity contribution >= 4 is 28.2 Å². The molecule has 0 bridgehead atoms. The highest BCUT2D eigenvalue weighted by molar-refractivity contribution is 7.16. The molecular formula is C17H16N4O4S. The number of esters is 1. The molecule has 8 nitrogen and oxygen atoms in total. The summed E-state index contributed by atoms with van der Waals surface area (Å²) in [4.78, 5) is 40.4. The summed E-state index contributed by atoms with van der Waals surface area (Å²) >= 11 is 1.27. The minimum Gasteiger partial charge on any atom is -0.458 e. The molecule has 0 saturated heterocycles. The van der Waals surface area contributed by atoms with E-state index >= 15 is 0 Å². The van der Waals surface area contributed by atoms with Gasteiger partial charge in [0.25, 0.3) is 11.5 Å². The van der Waals surface area contributed by atoms with Gasteiger partial charge in [0.15, 0.2) is 0 Å². The minimum absolute atomic E-state index is 0.151. The molecule has 2 heterocycles. The first kappa shape index (κ1) is 17.7. The van der Waals surface area contributed by atoms with Crippen LogP contribution in [0.25, 0.3) is 4.96 Å². The number of carbonyl (C=O) groups is 2. The molecule has 0 aliphatic heterocycles. The third kappa shape index (κ3) is 4.12. The monoisotopic (exact) mass is 372 g/mol. The zero-order chi connectivity index (χ0) is 18.7.